The van der Waals surface area contributed by atoms with Gasteiger partial charge in [-0.1, -0.05) is 11.6 Å². The number of nitrogens with two attached hydrogens (primary N) is 1. The number of fused-ring (bicyclic) bond motifs is 1. The van der Waals surface area contributed by atoms with Crippen LogP contribution in [0, 0.1) is 11.6 Å². The van der Waals surface area contributed by atoms with Crippen molar-refractivity contribution in [3.8, 4) is 11.5 Å². The number of pyridine rings is 1. The lowest BCUT2D eigenvalue weighted by Gasteiger charge is -2.19. The van der Waals surface area contributed by atoms with Gasteiger partial charge in [-0.15, -0.1) is 0 Å². The molecule has 10 heteroatoms. The maximum Gasteiger partial charge on any atom is 0.398 e. The molecule has 3 N–H and O–H groups in total. The number of hydrogen-bond donors (Lipinski definition) is 2. The lowest BCUT2D eigenvalue weighted by atomic mass is 9.95. The Bertz CT molecular complexity index is 1040. The first kappa shape index (κ1) is 17.8. The second kappa shape index (κ2) is 5.72. The van der Waals surface area contributed by atoms with Crippen molar-refractivity contribution in [2.24, 2.45) is 0 Å². The third kappa shape index (κ3) is 2.77. The minimum absolute atomic E-state index is 0.0233. The van der Waals surface area contributed by atoms with Gasteiger partial charge in [-0.25, -0.2) is 13.8 Å². The summed E-state index contributed by atoms with van der Waals surface area (Å²) in [6.07, 6.45) is -3.51. The number of benzene rings is 1. The van der Waals surface area contributed by atoms with Crippen LogP contribution in [0.2, 0.25) is 5.15 Å². The molecule has 27 heavy (non-hydrogen) atoms. The average molecular weight is 404 g/mol. The fraction of sp³-hybridized carbons (Fsp3) is 0.235. The van der Waals surface area contributed by atoms with Gasteiger partial charge in [0.05, 0.1) is 10.8 Å². The monoisotopic (exact) mass is 403 g/mol. The summed E-state index contributed by atoms with van der Waals surface area (Å²) in [4.78, 5) is 6.56. The third-order valence-corrected chi connectivity index (χ3v) is 4.81. The molecule has 1 aliphatic carbocycles. The maximum absolute atomic E-state index is 14.1. The molecule has 1 aliphatic rings. The van der Waals surface area contributed by atoms with Crippen molar-refractivity contribution in [2.75, 3.05) is 5.73 Å². The highest BCUT2D eigenvalue weighted by molar-refractivity contribution is 6.30. The fourth-order valence-electron chi connectivity index (χ4n) is 3.14. The van der Waals surface area contributed by atoms with Crippen LogP contribution in [0.25, 0.3) is 11.0 Å². The number of aromatic amines is 1. The van der Waals surface area contributed by atoms with Crippen LogP contribution < -0.4 is 10.5 Å². The molecule has 0 unspecified atom stereocenters. The Labute approximate surface area is 154 Å². The predicted molar refractivity (Wildman–Crippen MR) is 88.9 cm³/mol. The molecule has 2 aromatic heterocycles. The topological polar surface area (TPSA) is 63.9 Å². The van der Waals surface area contributed by atoms with Crippen LogP contribution in [-0.4, -0.2) is 16.1 Å². The molecule has 4 nitrogen and oxygen atoms in total. The van der Waals surface area contributed by atoms with Gasteiger partial charge in [-0.3, -0.25) is 0 Å². The van der Waals surface area contributed by atoms with Gasteiger partial charge in [0.25, 0.3) is 0 Å². The summed E-state index contributed by atoms with van der Waals surface area (Å²) in [5.41, 5.74) is 3.09. The van der Waals surface area contributed by atoms with Gasteiger partial charge in [0, 0.05) is 30.1 Å². The summed E-state index contributed by atoms with van der Waals surface area (Å²) >= 11 is 5.88. The van der Waals surface area contributed by atoms with Crippen molar-refractivity contribution in [2.45, 2.75) is 24.4 Å². The Morgan fingerprint density at radius 3 is 2.33 bits per heavy atom. The van der Waals surface area contributed by atoms with E-state index < -0.39 is 29.0 Å². The van der Waals surface area contributed by atoms with Crippen molar-refractivity contribution < 1.29 is 26.7 Å². The molecular formula is C17H11ClF5N3O. The number of aromatic nitrogens is 2. The molecule has 0 saturated heterocycles. The number of H-pyrrole nitrogens is 1. The summed E-state index contributed by atoms with van der Waals surface area (Å²) in [7, 11) is 0. The van der Waals surface area contributed by atoms with E-state index in [0.717, 1.165) is 18.2 Å². The highest BCUT2D eigenvalue weighted by atomic mass is 35.5. The number of ether oxygens (including phenoxy) is 1. The zero-order valence-electron chi connectivity index (χ0n) is 13.4. The van der Waals surface area contributed by atoms with Crippen LogP contribution >= 0.6 is 11.6 Å². The smallest absolute Gasteiger partial charge is 0.398 e. The number of rotatable bonds is 3. The number of alkyl halides is 3. The number of nitrogen functional groups attached to an aromatic ring is 1. The number of halogens is 6. The fourth-order valence-corrected chi connectivity index (χ4v) is 3.33. The quantitative estimate of drug-likeness (QED) is 0.346. The normalized spacial score (nSPS) is 15.9. The van der Waals surface area contributed by atoms with Crippen molar-refractivity contribution in [3.63, 3.8) is 0 Å². The Morgan fingerprint density at radius 2 is 1.78 bits per heavy atom. The number of anilines is 1. The molecule has 142 valence electrons. The van der Waals surface area contributed by atoms with Crippen LogP contribution in [0.5, 0.6) is 11.5 Å². The maximum atomic E-state index is 14.1. The van der Waals surface area contributed by atoms with Gasteiger partial charge in [0.1, 0.15) is 16.5 Å². The summed E-state index contributed by atoms with van der Waals surface area (Å²) in [6, 6.07) is 2.80. The van der Waals surface area contributed by atoms with E-state index in [1.807, 2.05) is 0 Å². The minimum Gasteiger partial charge on any atom is -0.450 e. The zero-order chi connectivity index (χ0) is 19.6. The number of nitrogens with zero attached hydrogens (tertiary/aromatic N) is 1. The third-order valence-electron chi connectivity index (χ3n) is 4.62. The van der Waals surface area contributed by atoms with Crippen molar-refractivity contribution in [3.05, 3.63) is 46.7 Å². The lowest BCUT2D eigenvalue weighted by molar-refractivity contribution is -0.160. The van der Waals surface area contributed by atoms with E-state index >= 15 is 0 Å². The average Bonchev–Trinajstić information content (AvgIpc) is 3.25. The summed E-state index contributed by atoms with van der Waals surface area (Å²) in [6.45, 7) is 0. The zero-order valence-corrected chi connectivity index (χ0v) is 14.2. The SMILES string of the molecule is Nc1cc(F)c(Oc2cc(Cl)nc3[nH]cc(C4(C(F)(F)F)CC4)c23)c(F)c1. The summed E-state index contributed by atoms with van der Waals surface area (Å²) < 4.78 is 74.2. The molecule has 1 saturated carbocycles. The lowest BCUT2D eigenvalue weighted by Crippen LogP contribution is -2.28. The van der Waals surface area contributed by atoms with Crippen LogP contribution in [0.3, 0.4) is 0 Å². The summed E-state index contributed by atoms with van der Waals surface area (Å²) in [5, 5.41) is -0.135. The van der Waals surface area contributed by atoms with E-state index in [2.05, 4.69) is 9.97 Å². The van der Waals surface area contributed by atoms with Crippen LogP contribution in [0.1, 0.15) is 18.4 Å². The van der Waals surface area contributed by atoms with E-state index in [0.29, 0.717) is 0 Å². The van der Waals surface area contributed by atoms with Crippen molar-refractivity contribution in [1.29, 1.82) is 0 Å². The van der Waals surface area contributed by atoms with Crippen LogP contribution in [0.15, 0.2) is 24.4 Å². The number of hydrogen-bond acceptors (Lipinski definition) is 3. The molecule has 1 aromatic carbocycles. The van der Waals surface area contributed by atoms with Crippen molar-refractivity contribution in [1.82, 2.24) is 9.97 Å². The summed E-state index contributed by atoms with van der Waals surface area (Å²) in [5.74, 6) is -3.22. The highest BCUT2D eigenvalue weighted by Gasteiger charge is 2.65. The van der Waals surface area contributed by atoms with E-state index in [-0.39, 0.29) is 46.0 Å². The largest absolute Gasteiger partial charge is 0.450 e. The first-order valence-electron chi connectivity index (χ1n) is 7.79. The van der Waals surface area contributed by atoms with E-state index in [9.17, 15) is 22.0 Å². The van der Waals surface area contributed by atoms with E-state index in [1.54, 1.807) is 0 Å². The molecule has 0 radical (unpaired) electrons. The minimum atomic E-state index is -4.49. The second-order valence-corrected chi connectivity index (χ2v) is 6.75. The molecular weight excluding hydrogens is 393 g/mol. The first-order valence-corrected chi connectivity index (χ1v) is 8.17. The molecule has 2 heterocycles. The van der Waals surface area contributed by atoms with Gasteiger partial charge in [-0.05, 0) is 18.4 Å². The molecule has 1 fully saturated rings. The number of nitrogens with one attached hydrogen (secondary N) is 1. The second-order valence-electron chi connectivity index (χ2n) is 6.36. The standard InChI is InChI=1S/C17H11ClF5N3O/c18-12-5-11(27-14-9(19)3-7(24)4-10(14)20)13-8(6-25-15(13)26-12)16(1-2-16)17(21,22)23/h3-6H,1-2,24H2,(H,25,26). The Morgan fingerprint density at radius 1 is 1.15 bits per heavy atom. The highest BCUT2D eigenvalue weighted by Crippen LogP contribution is 2.61. The van der Waals surface area contributed by atoms with Gasteiger partial charge in [0.2, 0.25) is 0 Å². The molecule has 3 aromatic rings. The van der Waals surface area contributed by atoms with Gasteiger partial charge in [0.15, 0.2) is 17.4 Å². The molecule has 0 atom stereocenters. The van der Waals surface area contributed by atoms with Gasteiger partial charge in [-0.2, -0.15) is 13.2 Å². The Balaban J connectivity index is 1.90. The first-order chi connectivity index (χ1) is 12.6. The van der Waals surface area contributed by atoms with Gasteiger partial charge >= 0.3 is 6.18 Å². The van der Waals surface area contributed by atoms with Crippen LogP contribution in [-0.2, 0) is 5.41 Å². The van der Waals surface area contributed by atoms with Crippen molar-refractivity contribution >= 4 is 28.3 Å². The molecule has 0 spiro atoms. The van der Waals surface area contributed by atoms with E-state index in [4.69, 9.17) is 22.1 Å². The molecule has 4 rings (SSSR count). The van der Waals surface area contributed by atoms with Gasteiger partial charge < -0.3 is 15.5 Å². The Hall–Kier alpha value is -2.55. The molecule has 0 amide bonds. The molecule has 0 aliphatic heterocycles. The van der Waals surface area contributed by atoms with E-state index in [1.165, 1.54) is 6.20 Å². The van der Waals surface area contributed by atoms with Crippen LogP contribution in [0.4, 0.5) is 27.6 Å². The predicted octanol–water partition coefficient (Wildman–Crippen LogP) is 5.46. The Kier molecular flexibility index (Phi) is 3.78. The molecule has 0 bridgehead atoms.